The fourth-order valence-electron chi connectivity index (χ4n) is 2.04. The average Bonchev–Trinajstić information content (AvgIpc) is 3.09. The van der Waals surface area contributed by atoms with Crippen LogP contribution in [0.5, 0.6) is 0 Å². The van der Waals surface area contributed by atoms with Crippen molar-refractivity contribution in [2.24, 2.45) is 0 Å². The lowest BCUT2D eigenvalue weighted by Crippen LogP contribution is -2.28. The highest BCUT2D eigenvalue weighted by atomic mass is 16.2. The first-order valence-corrected chi connectivity index (χ1v) is 6.86. The minimum Gasteiger partial charge on any atom is -0.334 e. The van der Waals surface area contributed by atoms with Gasteiger partial charge in [-0.05, 0) is 29.8 Å². The van der Waals surface area contributed by atoms with E-state index >= 15 is 0 Å². The first-order valence-electron chi connectivity index (χ1n) is 6.86. The number of amides is 2. The van der Waals surface area contributed by atoms with Gasteiger partial charge in [-0.2, -0.15) is 5.10 Å². The van der Waals surface area contributed by atoms with Gasteiger partial charge in [0.05, 0.1) is 11.4 Å². The summed E-state index contributed by atoms with van der Waals surface area (Å²) in [5.41, 5.74) is 2.44. The van der Waals surface area contributed by atoms with Crippen molar-refractivity contribution in [3.8, 4) is 5.69 Å². The standard InChI is InChI=1S/C16H15N5O/c22-16(18-12-13-5-3-8-17-11-13)20-14-6-1-2-7-15(14)21-10-4-9-19-21/h1-11H,12H2,(H2,18,20,22). The minimum atomic E-state index is -0.275. The Bertz CT molecular complexity index is 740. The summed E-state index contributed by atoms with van der Waals surface area (Å²) in [6, 6.07) is 12.8. The summed E-state index contributed by atoms with van der Waals surface area (Å²) in [6.07, 6.45) is 6.94. The monoisotopic (exact) mass is 293 g/mol. The van der Waals surface area contributed by atoms with Gasteiger partial charge in [0, 0.05) is 31.3 Å². The third kappa shape index (κ3) is 3.29. The molecule has 0 aliphatic heterocycles. The van der Waals surface area contributed by atoms with Gasteiger partial charge in [-0.1, -0.05) is 18.2 Å². The summed E-state index contributed by atoms with van der Waals surface area (Å²) in [5, 5.41) is 9.82. The zero-order valence-electron chi connectivity index (χ0n) is 11.8. The average molecular weight is 293 g/mol. The predicted molar refractivity (Wildman–Crippen MR) is 83.7 cm³/mol. The number of carbonyl (C=O) groups excluding carboxylic acids is 1. The number of benzene rings is 1. The maximum Gasteiger partial charge on any atom is 0.319 e. The predicted octanol–water partition coefficient (Wildman–Crippen LogP) is 2.59. The molecule has 3 aromatic rings. The molecule has 2 amide bonds. The molecule has 0 saturated carbocycles. The molecule has 0 fully saturated rings. The third-order valence-electron chi connectivity index (χ3n) is 3.08. The Morgan fingerprint density at radius 2 is 2.00 bits per heavy atom. The van der Waals surface area contributed by atoms with Crippen molar-refractivity contribution in [1.82, 2.24) is 20.1 Å². The number of pyridine rings is 1. The molecule has 0 spiro atoms. The molecule has 0 aliphatic rings. The second-order valence-corrected chi connectivity index (χ2v) is 4.64. The van der Waals surface area contributed by atoms with Gasteiger partial charge in [0.1, 0.15) is 0 Å². The number of hydrogen-bond donors (Lipinski definition) is 2. The van der Waals surface area contributed by atoms with E-state index in [1.807, 2.05) is 48.7 Å². The van der Waals surface area contributed by atoms with E-state index < -0.39 is 0 Å². The summed E-state index contributed by atoms with van der Waals surface area (Å²) >= 11 is 0. The molecule has 6 heteroatoms. The molecule has 0 bridgehead atoms. The second kappa shape index (κ2) is 6.53. The number of para-hydroxylation sites is 2. The largest absolute Gasteiger partial charge is 0.334 e. The Morgan fingerprint density at radius 1 is 1.09 bits per heavy atom. The van der Waals surface area contributed by atoms with Crippen molar-refractivity contribution in [2.75, 3.05) is 5.32 Å². The molecule has 22 heavy (non-hydrogen) atoms. The van der Waals surface area contributed by atoms with Crippen LogP contribution in [0, 0.1) is 0 Å². The van der Waals surface area contributed by atoms with Gasteiger partial charge in [0.2, 0.25) is 0 Å². The fourth-order valence-corrected chi connectivity index (χ4v) is 2.04. The van der Waals surface area contributed by atoms with Crippen LogP contribution in [0.4, 0.5) is 10.5 Å². The Labute approximate surface area is 127 Å². The number of urea groups is 1. The number of rotatable bonds is 4. The molecule has 0 unspecified atom stereocenters. The van der Waals surface area contributed by atoms with E-state index in [0.717, 1.165) is 11.3 Å². The van der Waals surface area contributed by atoms with E-state index in [4.69, 9.17) is 0 Å². The maximum absolute atomic E-state index is 12.0. The number of nitrogens with one attached hydrogen (secondary N) is 2. The summed E-state index contributed by atoms with van der Waals surface area (Å²) in [4.78, 5) is 16.0. The van der Waals surface area contributed by atoms with Gasteiger partial charge < -0.3 is 10.6 Å². The van der Waals surface area contributed by atoms with E-state index in [1.54, 1.807) is 23.3 Å². The Kier molecular flexibility index (Phi) is 4.10. The van der Waals surface area contributed by atoms with Crippen molar-refractivity contribution in [1.29, 1.82) is 0 Å². The summed E-state index contributed by atoms with van der Waals surface area (Å²) < 4.78 is 1.71. The lowest BCUT2D eigenvalue weighted by atomic mass is 10.2. The first kappa shape index (κ1) is 13.8. The zero-order valence-corrected chi connectivity index (χ0v) is 11.8. The summed E-state index contributed by atoms with van der Waals surface area (Å²) in [5.74, 6) is 0. The second-order valence-electron chi connectivity index (χ2n) is 4.64. The molecule has 1 aromatic carbocycles. The highest BCUT2D eigenvalue weighted by molar-refractivity contribution is 5.91. The van der Waals surface area contributed by atoms with Crippen LogP contribution in [-0.4, -0.2) is 20.8 Å². The molecule has 2 heterocycles. The van der Waals surface area contributed by atoms with Crippen LogP contribution in [-0.2, 0) is 6.54 Å². The van der Waals surface area contributed by atoms with Gasteiger partial charge in [-0.25, -0.2) is 9.48 Å². The fraction of sp³-hybridized carbons (Fsp3) is 0.0625. The number of aromatic nitrogens is 3. The lowest BCUT2D eigenvalue weighted by Gasteiger charge is -2.11. The van der Waals surface area contributed by atoms with Crippen molar-refractivity contribution in [3.63, 3.8) is 0 Å². The smallest absolute Gasteiger partial charge is 0.319 e. The topological polar surface area (TPSA) is 71.8 Å². The third-order valence-corrected chi connectivity index (χ3v) is 3.08. The van der Waals surface area contributed by atoms with Crippen molar-refractivity contribution in [2.45, 2.75) is 6.54 Å². The van der Waals surface area contributed by atoms with E-state index in [-0.39, 0.29) is 6.03 Å². The van der Waals surface area contributed by atoms with E-state index in [9.17, 15) is 4.79 Å². The first-order chi connectivity index (χ1) is 10.8. The Hall–Kier alpha value is -3.15. The van der Waals surface area contributed by atoms with Gasteiger partial charge >= 0.3 is 6.03 Å². The Morgan fingerprint density at radius 3 is 2.77 bits per heavy atom. The molecule has 0 saturated heterocycles. The van der Waals surface area contributed by atoms with Gasteiger partial charge in [0.25, 0.3) is 0 Å². The minimum absolute atomic E-state index is 0.275. The quantitative estimate of drug-likeness (QED) is 0.776. The van der Waals surface area contributed by atoms with Crippen LogP contribution in [0.1, 0.15) is 5.56 Å². The highest BCUT2D eigenvalue weighted by Gasteiger charge is 2.07. The van der Waals surface area contributed by atoms with Crippen LogP contribution in [0.3, 0.4) is 0 Å². The van der Waals surface area contributed by atoms with Gasteiger partial charge in [-0.3, -0.25) is 4.98 Å². The van der Waals surface area contributed by atoms with Gasteiger partial charge in [-0.15, -0.1) is 0 Å². The molecular formula is C16H15N5O. The van der Waals surface area contributed by atoms with E-state index in [0.29, 0.717) is 12.2 Å². The number of nitrogens with zero attached hydrogens (tertiary/aromatic N) is 3. The van der Waals surface area contributed by atoms with Crippen molar-refractivity contribution < 1.29 is 4.79 Å². The van der Waals surface area contributed by atoms with E-state index in [1.165, 1.54) is 0 Å². The van der Waals surface area contributed by atoms with E-state index in [2.05, 4.69) is 20.7 Å². The SMILES string of the molecule is O=C(NCc1cccnc1)Nc1ccccc1-n1cccn1. The van der Waals surface area contributed by atoms with Crippen molar-refractivity contribution >= 4 is 11.7 Å². The lowest BCUT2D eigenvalue weighted by molar-refractivity contribution is 0.251. The maximum atomic E-state index is 12.0. The Balaban J connectivity index is 1.67. The van der Waals surface area contributed by atoms with Gasteiger partial charge in [0.15, 0.2) is 0 Å². The molecule has 2 N–H and O–H groups in total. The molecule has 0 radical (unpaired) electrons. The summed E-state index contributed by atoms with van der Waals surface area (Å²) in [7, 11) is 0. The number of hydrogen-bond acceptors (Lipinski definition) is 3. The molecule has 2 aromatic heterocycles. The van der Waals surface area contributed by atoms with Crippen LogP contribution in [0.15, 0.2) is 67.3 Å². The molecule has 110 valence electrons. The van der Waals surface area contributed by atoms with Crippen LogP contribution >= 0.6 is 0 Å². The molecule has 0 atom stereocenters. The van der Waals surface area contributed by atoms with Crippen LogP contribution in [0.25, 0.3) is 5.69 Å². The van der Waals surface area contributed by atoms with Crippen LogP contribution in [0.2, 0.25) is 0 Å². The van der Waals surface area contributed by atoms with Crippen molar-refractivity contribution in [3.05, 3.63) is 72.8 Å². The molecule has 3 rings (SSSR count). The molecule has 6 nitrogen and oxygen atoms in total. The number of anilines is 1. The normalized spacial score (nSPS) is 10.2. The summed E-state index contributed by atoms with van der Waals surface area (Å²) in [6.45, 7) is 0.420. The number of carbonyl (C=O) groups is 1. The highest BCUT2D eigenvalue weighted by Crippen LogP contribution is 2.18. The molecular weight excluding hydrogens is 278 g/mol. The zero-order chi connectivity index (χ0) is 15.2. The molecule has 0 aliphatic carbocycles. The van der Waals surface area contributed by atoms with Crippen LogP contribution < -0.4 is 10.6 Å².